The SMILES string of the molecule is CC(=O)O[C@@H]1[C@H](OC(C)=O)[C@@H](OP(=O)(O)O)O[C@H](C)[C@H]1OC(C)=O. The zero-order valence-electron chi connectivity index (χ0n) is 13.4. The first-order valence-electron chi connectivity index (χ1n) is 6.81. The minimum atomic E-state index is -5.01. The molecule has 1 aliphatic heterocycles. The average Bonchev–Trinajstić information content (AvgIpc) is 2.35. The summed E-state index contributed by atoms with van der Waals surface area (Å²) in [6.07, 6.45) is -6.81. The quantitative estimate of drug-likeness (QED) is 0.370. The number of hydrogen-bond acceptors (Lipinski definition) is 9. The highest BCUT2D eigenvalue weighted by Gasteiger charge is 2.52. The van der Waals surface area contributed by atoms with Crippen molar-refractivity contribution in [1.29, 1.82) is 0 Å². The first-order chi connectivity index (χ1) is 10.9. The van der Waals surface area contributed by atoms with Crippen molar-refractivity contribution in [3.8, 4) is 0 Å². The van der Waals surface area contributed by atoms with Gasteiger partial charge in [0.05, 0.1) is 6.10 Å². The maximum Gasteiger partial charge on any atom is 0.472 e. The Labute approximate surface area is 137 Å². The highest BCUT2D eigenvalue weighted by molar-refractivity contribution is 7.46. The van der Waals surface area contributed by atoms with Crippen molar-refractivity contribution in [2.75, 3.05) is 0 Å². The Morgan fingerprint density at radius 2 is 1.29 bits per heavy atom. The van der Waals surface area contributed by atoms with Gasteiger partial charge in [-0.05, 0) is 6.92 Å². The Balaban J connectivity index is 3.21. The number of phosphoric acid groups is 1. The molecule has 0 aromatic rings. The second kappa shape index (κ2) is 8.04. The molecule has 1 saturated heterocycles. The van der Waals surface area contributed by atoms with Gasteiger partial charge in [0.1, 0.15) is 0 Å². The molecule has 24 heavy (non-hydrogen) atoms. The van der Waals surface area contributed by atoms with Crippen LogP contribution in [0.4, 0.5) is 0 Å². The summed E-state index contributed by atoms with van der Waals surface area (Å²) in [7, 11) is -5.01. The van der Waals surface area contributed by atoms with E-state index in [1.807, 2.05) is 0 Å². The van der Waals surface area contributed by atoms with Gasteiger partial charge in [-0.3, -0.25) is 18.9 Å². The fraction of sp³-hybridized carbons (Fsp3) is 0.750. The maximum atomic E-state index is 11.3. The summed E-state index contributed by atoms with van der Waals surface area (Å²) >= 11 is 0. The van der Waals surface area contributed by atoms with Gasteiger partial charge < -0.3 is 28.7 Å². The molecule has 11 nitrogen and oxygen atoms in total. The minimum Gasteiger partial charge on any atom is -0.456 e. The van der Waals surface area contributed by atoms with Crippen molar-refractivity contribution in [2.24, 2.45) is 0 Å². The van der Waals surface area contributed by atoms with Crippen molar-refractivity contribution in [1.82, 2.24) is 0 Å². The van der Waals surface area contributed by atoms with Gasteiger partial charge >= 0.3 is 25.7 Å². The average molecular weight is 370 g/mol. The molecule has 1 fully saturated rings. The van der Waals surface area contributed by atoms with E-state index in [-0.39, 0.29) is 0 Å². The first kappa shape index (κ1) is 20.5. The number of ether oxygens (including phenoxy) is 4. The van der Waals surface area contributed by atoms with Gasteiger partial charge in [0.25, 0.3) is 0 Å². The fourth-order valence-electron chi connectivity index (χ4n) is 2.19. The third-order valence-electron chi connectivity index (χ3n) is 2.87. The summed E-state index contributed by atoms with van der Waals surface area (Å²) in [6, 6.07) is 0. The molecule has 0 amide bonds. The van der Waals surface area contributed by atoms with Crippen molar-refractivity contribution >= 4 is 25.7 Å². The Bertz CT molecular complexity index is 541. The molecule has 0 bridgehead atoms. The Hall–Kier alpha value is -1.52. The van der Waals surface area contributed by atoms with Gasteiger partial charge in [-0.25, -0.2) is 4.57 Å². The summed E-state index contributed by atoms with van der Waals surface area (Å²) in [4.78, 5) is 51.8. The first-order valence-corrected chi connectivity index (χ1v) is 8.35. The second-order valence-corrected chi connectivity index (χ2v) is 6.22. The molecule has 1 rings (SSSR count). The third-order valence-corrected chi connectivity index (χ3v) is 3.36. The minimum absolute atomic E-state index is 0.719. The normalized spacial score (nSPS) is 30.3. The lowest BCUT2D eigenvalue weighted by molar-refractivity contribution is -0.283. The summed E-state index contributed by atoms with van der Waals surface area (Å²) < 4.78 is 35.8. The standard InChI is InChI=1S/C12H19O11P/c1-5-9(20-6(2)13)10(21-7(3)14)11(22-8(4)15)12(19-5)23-24(16,17)18/h5,9-12H,1-4H3,(H2,16,17,18)/t5-,9-,10+,11+,12-/m1/s1. The number of carbonyl (C=O) groups excluding carboxylic acids is 3. The van der Waals surface area contributed by atoms with Crippen LogP contribution >= 0.6 is 7.82 Å². The molecule has 138 valence electrons. The van der Waals surface area contributed by atoms with Crippen LogP contribution in [0.25, 0.3) is 0 Å². The molecular formula is C12H19O11P. The molecule has 1 heterocycles. The molecule has 0 unspecified atom stereocenters. The fourth-order valence-corrected chi connectivity index (χ4v) is 2.63. The number of rotatable bonds is 5. The van der Waals surface area contributed by atoms with Gasteiger partial charge in [-0.15, -0.1) is 0 Å². The molecule has 0 aliphatic carbocycles. The van der Waals surface area contributed by atoms with Crippen molar-refractivity contribution in [2.45, 2.75) is 58.4 Å². The maximum absolute atomic E-state index is 11.3. The zero-order valence-corrected chi connectivity index (χ0v) is 14.3. The molecule has 0 aromatic heterocycles. The Kier molecular flexibility index (Phi) is 6.87. The van der Waals surface area contributed by atoms with E-state index in [0.717, 1.165) is 20.8 Å². The van der Waals surface area contributed by atoms with Crippen LogP contribution in [0.3, 0.4) is 0 Å². The van der Waals surface area contributed by atoms with E-state index in [9.17, 15) is 18.9 Å². The number of carbonyl (C=O) groups is 3. The largest absolute Gasteiger partial charge is 0.472 e. The predicted molar refractivity (Wildman–Crippen MR) is 74.1 cm³/mol. The van der Waals surface area contributed by atoms with Crippen LogP contribution in [0.15, 0.2) is 0 Å². The van der Waals surface area contributed by atoms with E-state index in [1.165, 1.54) is 6.92 Å². The molecule has 0 aromatic carbocycles. The predicted octanol–water partition coefficient (Wildman–Crippen LogP) is -0.364. The van der Waals surface area contributed by atoms with Crippen molar-refractivity contribution < 1.29 is 52.2 Å². The lowest BCUT2D eigenvalue weighted by atomic mass is 9.99. The highest BCUT2D eigenvalue weighted by atomic mass is 31.2. The van der Waals surface area contributed by atoms with Crippen LogP contribution in [0.2, 0.25) is 0 Å². The third kappa shape index (κ3) is 6.17. The van der Waals surface area contributed by atoms with E-state index < -0.39 is 56.4 Å². The van der Waals surface area contributed by atoms with Crippen LogP contribution in [0, 0.1) is 0 Å². The van der Waals surface area contributed by atoms with Gasteiger partial charge in [-0.1, -0.05) is 0 Å². The van der Waals surface area contributed by atoms with Crippen LogP contribution in [-0.2, 0) is 42.4 Å². The highest BCUT2D eigenvalue weighted by Crippen LogP contribution is 2.42. The van der Waals surface area contributed by atoms with Crippen molar-refractivity contribution in [3.05, 3.63) is 0 Å². The molecule has 0 spiro atoms. The van der Waals surface area contributed by atoms with Crippen LogP contribution < -0.4 is 0 Å². The molecule has 2 N–H and O–H groups in total. The molecule has 5 atom stereocenters. The molecule has 12 heteroatoms. The summed E-state index contributed by atoms with van der Waals surface area (Å²) in [5, 5.41) is 0. The van der Waals surface area contributed by atoms with Gasteiger partial charge in [0, 0.05) is 20.8 Å². The van der Waals surface area contributed by atoms with E-state index in [0.29, 0.717) is 0 Å². The van der Waals surface area contributed by atoms with Crippen LogP contribution in [0.5, 0.6) is 0 Å². The Morgan fingerprint density at radius 1 is 0.875 bits per heavy atom. The monoisotopic (exact) mass is 370 g/mol. The van der Waals surface area contributed by atoms with E-state index in [1.54, 1.807) is 0 Å². The smallest absolute Gasteiger partial charge is 0.456 e. The van der Waals surface area contributed by atoms with Crippen LogP contribution in [-0.4, -0.2) is 58.4 Å². The lowest BCUT2D eigenvalue weighted by Crippen LogP contribution is -2.60. The summed E-state index contributed by atoms with van der Waals surface area (Å²) in [5.41, 5.74) is 0. The van der Waals surface area contributed by atoms with E-state index in [4.69, 9.17) is 28.7 Å². The molecule has 1 aliphatic rings. The number of phosphoric ester groups is 1. The Morgan fingerprint density at radius 3 is 1.71 bits per heavy atom. The molecular weight excluding hydrogens is 351 g/mol. The van der Waals surface area contributed by atoms with Crippen molar-refractivity contribution in [3.63, 3.8) is 0 Å². The summed E-state index contributed by atoms with van der Waals surface area (Å²) in [5.74, 6) is -2.36. The molecule has 0 saturated carbocycles. The zero-order chi connectivity index (χ0) is 18.7. The topological polar surface area (TPSA) is 155 Å². The second-order valence-electron chi connectivity index (χ2n) is 5.03. The van der Waals surface area contributed by atoms with Gasteiger partial charge in [-0.2, -0.15) is 0 Å². The van der Waals surface area contributed by atoms with Crippen LogP contribution in [0.1, 0.15) is 27.7 Å². The van der Waals surface area contributed by atoms with Gasteiger partial charge in [0.15, 0.2) is 18.3 Å². The van der Waals surface area contributed by atoms with E-state index in [2.05, 4.69) is 4.52 Å². The van der Waals surface area contributed by atoms with E-state index >= 15 is 0 Å². The number of hydrogen-bond donors (Lipinski definition) is 2. The summed E-state index contributed by atoms with van der Waals surface area (Å²) in [6.45, 7) is 4.60. The molecule has 0 radical (unpaired) electrons. The lowest BCUT2D eigenvalue weighted by Gasteiger charge is -2.43. The van der Waals surface area contributed by atoms with Gasteiger partial charge in [0.2, 0.25) is 6.29 Å². The number of esters is 3.